The zero-order valence-electron chi connectivity index (χ0n) is 18.4. The summed E-state index contributed by atoms with van der Waals surface area (Å²) in [5.41, 5.74) is 0. The standard InChI is InChI=1S/C24H32O8/c1-2-4-24-23(3-1)31-19-15-27-11-9-25-13-17-29-21-5-7-22(8-6-21)30-18-14-26-10-12-28-16-20-32-24/h1-8H,9-20H2. The smallest absolute Gasteiger partial charge is 0.161 e. The number of rotatable bonds is 0. The molecule has 8 nitrogen and oxygen atoms in total. The van der Waals surface area contributed by atoms with Crippen molar-refractivity contribution in [2.45, 2.75) is 0 Å². The number of para-hydroxylation sites is 2. The maximum atomic E-state index is 5.77. The molecule has 2 aliphatic rings. The molecule has 4 rings (SSSR count). The van der Waals surface area contributed by atoms with Crippen LogP contribution in [0.5, 0.6) is 23.0 Å². The molecule has 0 amide bonds. The molecule has 8 heteroatoms. The van der Waals surface area contributed by atoms with Crippen LogP contribution in [0.4, 0.5) is 0 Å². The second-order valence-corrected chi connectivity index (χ2v) is 6.76. The van der Waals surface area contributed by atoms with Crippen LogP contribution in [0.3, 0.4) is 0 Å². The van der Waals surface area contributed by atoms with Crippen molar-refractivity contribution >= 4 is 0 Å². The lowest BCUT2D eigenvalue weighted by atomic mass is 10.3. The average Bonchev–Trinajstić information content (AvgIpc) is 2.82. The molecule has 0 N–H and O–H groups in total. The first-order chi connectivity index (χ1) is 15.9. The quantitative estimate of drug-likeness (QED) is 0.570. The van der Waals surface area contributed by atoms with Crippen molar-refractivity contribution in [3.63, 3.8) is 0 Å². The van der Waals surface area contributed by atoms with E-state index < -0.39 is 0 Å². The van der Waals surface area contributed by atoms with Gasteiger partial charge in [-0.2, -0.15) is 0 Å². The predicted molar refractivity (Wildman–Crippen MR) is 118 cm³/mol. The van der Waals surface area contributed by atoms with Crippen molar-refractivity contribution in [1.82, 2.24) is 0 Å². The van der Waals surface area contributed by atoms with Crippen LogP contribution in [-0.2, 0) is 18.9 Å². The Bertz CT molecular complexity index is 675. The van der Waals surface area contributed by atoms with Crippen LogP contribution in [0.1, 0.15) is 0 Å². The molecule has 0 saturated heterocycles. The molecule has 2 aliphatic heterocycles. The first-order valence-electron chi connectivity index (χ1n) is 10.9. The Morgan fingerprint density at radius 3 is 1.03 bits per heavy atom. The Morgan fingerprint density at radius 2 is 0.656 bits per heavy atom. The first kappa shape index (κ1) is 24.1. The summed E-state index contributed by atoms with van der Waals surface area (Å²) in [6.07, 6.45) is 0. The number of benzene rings is 2. The van der Waals surface area contributed by atoms with Gasteiger partial charge in [0.1, 0.15) is 37.9 Å². The molecule has 0 atom stereocenters. The molecule has 0 fully saturated rings. The van der Waals surface area contributed by atoms with Crippen LogP contribution in [0, 0.1) is 0 Å². The number of hydrogen-bond donors (Lipinski definition) is 0. The first-order valence-corrected chi connectivity index (χ1v) is 10.9. The Kier molecular flexibility index (Phi) is 11.5. The molecule has 0 spiro atoms. The summed E-state index contributed by atoms with van der Waals surface area (Å²) in [5, 5.41) is 0. The minimum Gasteiger partial charge on any atom is -0.491 e. The molecule has 2 aromatic carbocycles. The highest BCUT2D eigenvalue weighted by atomic mass is 16.6. The summed E-state index contributed by atoms with van der Waals surface area (Å²) in [5.74, 6) is 2.91. The van der Waals surface area contributed by atoms with Gasteiger partial charge in [-0.05, 0) is 36.4 Å². The zero-order valence-corrected chi connectivity index (χ0v) is 18.4. The van der Waals surface area contributed by atoms with Crippen molar-refractivity contribution in [2.75, 3.05) is 79.3 Å². The van der Waals surface area contributed by atoms with Gasteiger partial charge in [0.05, 0.1) is 52.9 Å². The molecule has 0 unspecified atom stereocenters. The summed E-state index contributed by atoms with van der Waals surface area (Å²) in [6, 6.07) is 15.0. The van der Waals surface area contributed by atoms with E-state index >= 15 is 0 Å². The molecule has 0 saturated carbocycles. The van der Waals surface area contributed by atoms with E-state index in [1.54, 1.807) is 0 Å². The largest absolute Gasteiger partial charge is 0.491 e. The number of hydrogen-bond acceptors (Lipinski definition) is 8. The third-order valence-corrected chi connectivity index (χ3v) is 4.38. The topological polar surface area (TPSA) is 73.8 Å². The lowest BCUT2D eigenvalue weighted by Crippen LogP contribution is -2.15. The molecular formula is C24H32O8. The van der Waals surface area contributed by atoms with Gasteiger partial charge >= 0.3 is 0 Å². The van der Waals surface area contributed by atoms with Crippen LogP contribution >= 0.6 is 0 Å². The maximum absolute atomic E-state index is 5.77. The second kappa shape index (κ2) is 15.3. The van der Waals surface area contributed by atoms with Gasteiger partial charge in [-0.25, -0.2) is 0 Å². The molecule has 0 aliphatic carbocycles. The zero-order chi connectivity index (χ0) is 22.1. The third-order valence-electron chi connectivity index (χ3n) is 4.38. The Morgan fingerprint density at radius 1 is 0.344 bits per heavy atom. The van der Waals surface area contributed by atoms with Crippen LogP contribution in [0.2, 0.25) is 0 Å². The lowest BCUT2D eigenvalue weighted by molar-refractivity contribution is 0.0244. The minimum absolute atomic E-state index is 0.428. The highest BCUT2D eigenvalue weighted by Crippen LogP contribution is 2.26. The van der Waals surface area contributed by atoms with Gasteiger partial charge in [0.2, 0.25) is 0 Å². The minimum atomic E-state index is 0.428. The fourth-order valence-corrected chi connectivity index (χ4v) is 2.82. The monoisotopic (exact) mass is 448 g/mol. The second-order valence-electron chi connectivity index (χ2n) is 6.76. The van der Waals surface area contributed by atoms with E-state index in [0.29, 0.717) is 90.8 Å². The van der Waals surface area contributed by atoms with Crippen molar-refractivity contribution in [1.29, 1.82) is 0 Å². The van der Waals surface area contributed by atoms with E-state index in [0.717, 1.165) is 11.5 Å². The Balaban J connectivity index is 1.42. The summed E-state index contributed by atoms with van der Waals surface area (Å²) in [6.45, 7) is 5.68. The number of fused-ring (bicyclic) bond motifs is 20. The van der Waals surface area contributed by atoms with Gasteiger partial charge in [0.15, 0.2) is 11.5 Å². The summed E-state index contributed by atoms with van der Waals surface area (Å²) >= 11 is 0. The summed E-state index contributed by atoms with van der Waals surface area (Å²) < 4.78 is 45.0. The molecule has 2 bridgehead atoms. The van der Waals surface area contributed by atoms with E-state index in [9.17, 15) is 0 Å². The fourth-order valence-electron chi connectivity index (χ4n) is 2.82. The van der Waals surface area contributed by atoms with Crippen LogP contribution in [0.25, 0.3) is 0 Å². The van der Waals surface area contributed by atoms with E-state index in [-0.39, 0.29) is 0 Å². The van der Waals surface area contributed by atoms with E-state index in [4.69, 9.17) is 37.9 Å². The normalized spacial score (nSPS) is 18.2. The highest BCUT2D eigenvalue weighted by Gasteiger charge is 2.04. The summed E-state index contributed by atoms with van der Waals surface area (Å²) in [4.78, 5) is 0. The fraction of sp³-hybridized carbons (Fsp3) is 0.500. The third kappa shape index (κ3) is 9.74. The van der Waals surface area contributed by atoms with Crippen LogP contribution in [0.15, 0.2) is 48.5 Å². The van der Waals surface area contributed by atoms with Crippen molar-refractivity contribution in [3.05, 3.63) is 48.5 Å². The maximum Gasteiger partial charge on any atom is 0.161 e. The SMILES string of the molecule is c1ccc2c(c1)OCCOCCOCCOc1ccc(cc1)OCCOCCOCCO2. The molecule has 0 aromatic heterocycles. The molecular weight excluding hydrogens is 416 g/mol. The van der Waals surface area contributed by atoms with Gasteiger partial charge in [0, 0.05) is 0 Å². The predicted octanol–water partition coefficient (Wildman–Crippen LogP) is 2.98. The molecule has 176 valence electrons. The van der Waals surface area contributed by atoms with Gasteiger partial charge in [-0.1, -0.05) is 12.1 Å². The van der Waals surface area contributed by atoms with Crippen molar-refractivity contribution < 1.29 is 37.9 Å². The molecule has 32 heavy (non-hydrogen) atoms. The lowest BCUT2D eigenvalue weighted by Gasteiger charge is -2.13. The van der Waals surface area contributed by atoms with Crippen LogP contribution < -0.4 is 18.9 Å². The van der Waals surface area contributed by atoms with Crippen LogP contribution in [-0.4, -0.2) is 79.3 Å². The van der Waals surface area contributed by atoms with Crippen molar-refractivity contribution in [3.8, 4) is 23.0 Å². The van der Waals surface area contributed by atoms with Gasteiger partial charge < -0.3 is 37.9 Å². The van der Waals surface area contributed by atoms with Crippen molar-refractivity contribution in [2.24, 2.45) is 0 Å². The molecule has 0 radical (unpaired) electrons. The molecule has 2 heterocycles. The Hall–Kier alpha value is -2.52. The van der Waals surface area contributed by atoms with E-state index in [1.807, 2.05) is 48.5 Å². The van der Waals surface area contributed by atoms with Gasteiger partial charge in [-0.3, -0.25) is 0 Å². The highest BCUT2D eigenvalue weighted by molar-refractivity contribution is 5.39. The molecule has 2 aromatic rings. The van der Waals surface area contributed by atoms with Gasteiger partial charge in [-0.15, -0.1) is 0 Å². The average molecular weight is 449 g/mol. The summed E-state index contributed by atoms with van der Waals surface area (Å²) in [7, 11) is 0. The van der Waals surface area contributed by atoms with Gasteiger partial charge in [0.25, 0.3) is 0 Å². The Labute approximate surface area is 189 Å². The van der Waals surface area contributed by atoms with E-state index in [2.05, 4.69) is 0 Å². The number of ether oxygens (including phenoxy) is 8. The van der Waals surface area contributed by atoms with E-state index in [1.165, 1.54) is 0 Å².